The molecule has 2 atom stereocenters. The van der Waals surface area contributed by atoms with E-state index in [2.05, 4.69) is 12.2 Å². The lowest BCUT2D eigenvalue weighted by atomic mass is 9.89. The predicted molar refractivity (Wildman–Crippen MR) is 130 cm³/mol. The minimum Gasteiger partial charge on any atom is -0.378 e. The van der Waals surface area contributed by atoms with Gasteiger partial charge in [0.15, 0.2) is 0 Å². The van der Waals surface area contributed by atoms with Crippen molar-refractivity contribution in [3.05, 3.63) is 59.4 Å². The first-order valence-electron chi connectivity index (χ1n) is 12.4. The summed E-state index contributed by atoms with van der Waals surface area (Å²) in [6.45, 7) is 4.59. The summed E-state index contributed by atoms with van der Waals surface area (Å²) in [6.07, 6.45) is 4.09. The summed E-state index contributed by atoms with van der Waals surface area (Å²) < 4.78 is 20.1. The number of carbonyl (C=O) groups is 2. The van der Waals surface area contributed by atoms with E-state index in [0.29, 0.717) is 56.1 Å². The first-order valence-corrected chi connectivity index (χ1v) is 12.4. The molecule has 3 fully saturated rings. The first kappa shape index (κ1) is 22.8. The monoisotopic (exact) mass is 465 g/mol. The van der Waals surface area contributed by atoms with Gasteiger partial charge < -0.3 is 19.9 Å². The van der Waals surface area contributed by atoms with Crippen LogP contribution in [0.5, 0.6) is 0 Å². The number of nitrogens with one attached hydrogen (secondary N) is 1. The lowest BCUT2D eigenvalue weighted by molar-refractivity contribution is -0.121. The molecule has 3 heterocycles. The van der Waals surface area contributed by atoms with Crippen LogP contribution in [0.25, 0.3) is 0 Å². The zero-order valence-electron chi connectivity index (χ0n) is 19.6. The van der Waals surface area contributed by atoms with Crippen molar-refractivity contribution in [1.82, 2.24) is 4.90 Å². The van der Waals surface area contributed by atoms with E-state index in [-0.39, 0.29) is 35.6 Å². The Labute approximate surface area is 200 Å². The van der Waals surface area contributed by atoms with Crippen LogP contribution in [0.2, 0.25) is 0 Å². The molecule has 0 spiro atoms. The second kappa shape index (κ2) is 9.74. The highest BCUT2D eigenvalue weighted by Gasteiger charge is 2.45. The summed E-state index contributed by atoms with van der Waals surface area (Å²) in [6, 6.07) is 12.9. The zero-order chi connectivity index (χ0) is 23.7. The number of aryl methyl sites for hydroxylation is 1. The summed E-state index contributed by atoms with van der Waals surface area (Å²) in [5.41, 5.74) is 2.94. The Morgan fingerprint density at radius 1 is 1.03 bits per heavy atom. The number of fused-ring (bicyclic) bond motifs is 2. The second-order valence-corrected chi connectivity index (χ2v) is 9.57. The molecular weight excluding hydrogens is 433 g/mol. The smallest absolute Gasteiger partial charge is 0.254 e. The number of morpholine rings is 1. The number of anilines is 2. The largest absolute Gasteiger partial charge is 0.378 e. The predicted octanol–water partition coefficient (Wildman–Crippen LogP) is 4.25. The number of ether oxygens (including phenoxy) is 1. The van der Waals surface area contributed by atoms with Crippen LogP contribution >= 0.6 is 0 Å². The molecule has 3 aliphatic rings. The van der Waals surface area contributed by atoms with Gasteiger partial charge in [-0.15, -0.1) is 0 Å². The van der Waals surface area contributed by atoms with Gasteiger partial charge in [0.05, 0.1) is 18.9 Å². The van der Waals surface area contributed by atoms with Gasteiger partial charge in [0.1, 0.15) is 5.82 Å². The lowest BCUT2D eigenvalue weighted by Gasteiger charge is -2.38. The fourth-order valence-electron chi connectivity index (χ4n) is 5.64. The highest BCUT2D eigenvalue weighted by molar-refractivity contribution is 5.96. The van der Waals surface area contributed by atoms with E-state index < -0.39 is 0 Å². The molecule has 6 nitrogen and oxygen atoms in total. The van der Waals surface area contributed by atoms with Crippen molar-refractivity contribution in [3.63, 3.8) is 0 Å². The van der Waals surface area contributed by atoms with E-state index in [1.807, 2.05) is 34.1 Å². The van der Waals surface area contributed by atoms with Gasteiger partial charge in [-0.1, -0.05) is 19.1 Å². The van der Waals surface area contributed by atoms with E-state index >= 15 is 0 Å². The third kappa shape index (κ3) is 4.53. The van der Waals surface area contributed by atoms with E-state index in [1.165, 1.54) is 11.6 Å². The molecule has 5 rings (SSSR count). The molecule has 0 radical (unpaired) electrons. The topological polar surface area (TPSA) is 61.9 Å². The Balaban J connectivity index is 1.22. The number of halogens is 1. The minimum absolute atomic E-state index is 0.0646. The van der Waals surface area contributed by atoms with Gasteiger partial charge in [-0.05, 0) is 68.0 Å². The maximum Gasteiger partial charge on any atom is 0.254 e. The van der Waals surface area contributed by atoms with Gasteiger partial charge in [0, 0.05) is 42.3 Å². The number of rotatable bonds is 5. The number of hydrogen-bond donors (Lipinski definition) is 1. The molecule has 2 unspecified atom stereocenters. The highest BCUT2D eigenvalue weighted by atomic mass is 19.1. The Morgan fingerprint density at radius 2 is 1.71 bits per heavy atom. The van der Waals surface area contributed by atoms with Gasteiger partial charge in [-0.3, -0.25) is 9.59 Å². The van der Waals surface area contributed by atoms with Gasteiger partial charge in [0.25, 0.3) is 5.91 Å². The van der Waals surface area contributed by atoms with Crippen LogP contribution in [0.4, 0.5) is 15.8 Å². The van der Waals surface area contributed by atoms with E-state index in [0.717, 1.165) is 19.3 Å². The highest BCUT2D eigenvalue weighted by Crippen LogP contribution is 2.40. The van der Waals surface area contributed by atoms with Gasteiger partial charge in [-0.25, -0.2) is 4.39 Å². The van der Waals surface area contributed by atoms with Crippen molar-refractivity contribution >= 4 is 23.2 Å². The fourth-order valence-corrected chi connectivity index (χ4v) is 5.64. The molecule has 2 aromatic carbocycles. The van der Waals surface area contributed by atoms with Crippen LogP contribution in [-0.2, 0) is 16.0 Å². The number of benzene rings is 2. The maximum absolute atomic E-state index is 14.7. The van der Waals surface area contributed by atoms with Crippen LogP contribution in [0.15, 0.2) is 42.5 Å². The van der Waals surface area contributed by atoms with Crippen molar-refractivity contribution in [2.45, 2.75) is 51.1 Å². The molecule has 0 aliphatic carbocycles. The van der Waals surface area contributed by atoms with Crippen molar-refractivity contribution in [3.8, 4) is 0 Å². The molecular formula is C27H32FN3O3. The van der Waals surface area contributed by atoms with Crippen molar-refractivity contribution in [1.29, 1.82) is 0 Å². The fraction of sp³-hybridized carbons (Fsp3) is 0.481. The third-order valence-corrected chi connectivity index (χ3v) is 7.51. The van der Waals surface area contributed by atoms with E-state index in [4.69, 9.17) is 4.74 Å². The lowest BCUT2D eigenvalue weighted by Crippen LogP contribution is -2.48. The van der Waals surface area contributed by atoms with Gasteiger partial charge in [0.2, 0.25) is 5.91 Å². The average molecular weight is 466 g/mol. The summed E-state index contributed by atoms with van der Waals surface area (Å²) >= 11 is 0. The summed E-state index contributed by atoms with van der Waals surface area (Å²) in [5.74, 6) is -0.537. The summed E-state index contributed by atoms with van der Waals surface area (Å²) in [4.78, 5) is 30.2. The van der Waals surface area contributed by atoms with Crippen LogP contribution in [-0.4, -0.2) is 55.1 Å². The number of hydrogen-bond acceptors (Lipinski definition) is 4. The second-order valence-electron chi connectivity index (χ2n) is 9.57. The molecule has 180 valence electrons. The van der Waals surface area contributed by atoms with Crippen molar-refractivity contribution in [2.75, 3.05) is 36.5 Å². The molecule has 0 saturated carbocycles. The molecule has 34 heavy (non-hydrogen) atoms. The zero-order valence-corrected chi connectivity index (χ0v) is 19.6. The summed E-state index contributed by atoms with van der Waals surface area (Å²) in [5, 5.41) is 2.91. The maximum atomic E-state index is 14.7. The summed E-state index contributed by atoms with van der Waals surface area (Å²) in [7, 11) is 0. The molecule has 1 N–H and O–H groups in total. The molecule has 2 amide bonds. The molecule has 3 aliphatic heterocycles. The molecule has 7 heteroatoms. The first-order chi connectivity index (χ1) is 16.5. The average Bonchev–Trinajstić information content (AvgIpc) is 3.13. The molecule has 2 bridgehead atoms. The van der Waals surface area contributed by atoms with Crippen LogP contribution in [0, 0.1) is 11.7 Å². The van der Waals surface area contributed by atoms with Crippen molar-refractivity contribution in [2.24, 2.45) is 5.92 Å². The minimum atomic E-state index is -0.339. The normalized spacial score (nSPS) is 24.2. The number of carbonyl (C=O) groups excluding carboxylic acids is 2. The Kier molecular flexibility index (Phi) is 6.55. The van der Waals surface area contributed by atoms with Gasteiger partial charge in [-0.2, -0.15) is 0 Å². The van der Waals surface area contributed by atoms with E-state index in [9.17, 15) is 14.0 Å². The van der Waals surface area contributed by atoms with Gasteiger partial charge >= 0.3 is 0 Å². The SMILES string of the molecule is CCc1ccc(C(=O)N2C3CCC2CC(C(=O)Nc2ccc(N4CCOCC4)c(F)c2)C3)cc1. The van der Waals surface area contributed by atoms with Crippen LogP contribution in [0.3, 0.4) is 0 Å². The molecule has 0 aromatic heterocycles. The Hall–Kier alpha value is -2.93. The van der Waals surface area contributed by atoms with Crippen LogP contribution in [0.1, 0.15) is 48.5 Å². The Bertz CT molecular complexity index is 1040. The standard InChI is InChI=1S/C27H32FN3O3/c1-2-18-3-5-19(6-4-18)27(33)31-22-8-9-23(31)16-20(15-22)26(32)29-21-7-10-25(24(28)17-21)30-11-13-34-14-12-30/h3-7,10,17,20,22-23H,2,8-9,11-16H2,1H3,(H,29,32). The Morgan fingerprint density at radius 3 is 2.32 bits per heavy atom. The number of piperidine rings is 1. The quantitative estimate of drug-likeness (QED) is 0.717. The molecule has 3 saturated heterocycles. The van der Waals surface area contributed by atoms with E-state index in [1.54, 1.807) is 12.1 Å². The van der Waals surface area contributed by atoms with Crippen LogP contribution < -0.4 is 10.2 Å². The van der Waals surface area contributed by atoms with Crippen molar-refractivity contribution < 1.29 is 18.7 Å². The third-order valence-electron chi connectivity index (χ3n) is 7.51. The molecule has 2 aromatic rings. The number of nitrogens with zero attached hydrogens (tertiary/aromatic N) is 2. The number of amides is 2.